The van der Waals surface area contributed by atoms with Gasteiger partial charge in [0.1, 0.15) is 0 Å². The third-order valence-corrected chi connectivity index (χ3v) is 1.85. The lowest BCUT2D eigenvalue weighted by molar-refractivity contribution is 0.166. The first-order valence-electron chi connectivity index (χ1n) is 4.73. The minimum absolute atomic E-state index is 0.275. The highest BCUT2D eigenvalue weighted by molar-refractivity contribution is 6.25. The molecule has 1 unspecified atom stereocenters. The van der Waals surface area contributed by atoms with Crippen LogP contribution in [0.1, 0.15) is 39.0 Å². The number of unbranched alkanes of at least 4 members (excludes halogenated alkanes) is 2. The Morgan fingerprint density at radius 3 is 2.85 bits per heavy atom. The molecule has 2 heteroatoms. The molecule has 0 spiro atoms. The molecule has 0 aromatic heterocycles. The van der Waals surface area contributed by atoms with Gasteiger partial charge in [0.15, 0.2) is 0 Å². The summed E-state index contributed by atoms with van der Waals surface area (Å²) in [5.74, 6) is 5.58. The number of allylic oxidation sites excluding steroid dienone is 1. The smallest absolute Gasteiger partial charge is 0.0649 e. The van der Waals surface area contributed by atoms with Crippen LogP contribution in [0, 0.1) is 11.8 Å². The quantitative estimate of drug-likeness (QED) is 0.534. The van der Waals surface area contributed by atoms with Crippen LogP contribution in [0.5, 0.6) is 0 Å². The Morgan fingerprint density at radius 1 is 1.46 bits per heavy atom. The van der Waals surface area contributed by atoms with Crippen LogP contribution in [0.2, 0.25) is 0 Å². The highest BCUT2D eigenvalue weighted by Gasteiger charge is 1.99. The Kier molecular flexibility index (Phi) is 9.30. The van der Waals surface area contributed by atoms with Crippen LogP contribution in [-0.2, 0) is 0 Å². The first kappa shape index (κ1) is 12.6. The predicted octanol–water partition coefficient (Wildman–Crippen LogP) is 3.07. The maximum absolute atomic E-state index is 9.42. The van der Waals surface area contributed by atoms with Crippen molar-refractivity contribution in [2.24, 2.45) is 0 Å². The fourth-order valence-corrected chi connectivity index (χ4v) is 1.06. The van der Waals surface area contributed by atoms with Crippen molar-refractivity contribution in [3.05, 3.63) is 11.6 Å². The summed E-state index contributed by atoms with van der Waals surface area (Å²) < 4.78 is 0. The molecule has 13 heavy (non-hydrogen) atoms. The van der Waals surface area contributed by atoms with E-state index in [1.54, 1.807) is 6.08 Å². The summed E-state index contributed by atoms with van der Waals surface area (Å²) in [6, 6.07) is 0. The van der Waals surface area contributed by atoms with Crippen LogP contribution in [0.25, 0.3) is 0 Å². The van der Waals surface area contributed by atoms with Crippen molar-refractivity contribution in [1.29, 1.82) is 0 Å². The lowest BCUT2D eigenvalue weighted by Crippen LogP contribution is -2.04. The number of aliphatic hydroxyl groups is 1. The number of halogens is 1. The summed E-state index contributed by atoms with van der Waals surface area (Å²) in [5, 5.41) is 9.42. The van der Waals surface area contributed by atoms with Gasteiger partial charge in [-0.3, -0.25) is 0 Å². The van der Waals surface area contributed by atoms with E-state index in [2.05, 4.69) is 18.8 Å². The van der Waals surface area contributed by atoms with Crippen LogP contribution in [-0.4, -0.2) is 11.2 Å². The lowest BCUT2D eigenvalue weighted by atomic mass is 10.1. The molecule has 0 aliphatic carbocycles. The molecule has 0 aliphatic rings. The summed E-state index contributed by atoms with van der Waals surface area (Å²) in [6.07, 6.45) is 6.16. The largest absolute Gasteiger partial charge is 0.392 e. The molecule has 0 saturated heterocycles. The van der Waals surface area contributed by atoms with Crippen molar-refractivity contribution in [3.8, 4) is 11.8 Å². The summed E-state index contributed by atoms with van der Waals surface area (Å²) in [5.41, 5.74) is 1.37. The van der Waals surface area contributed by atoms with Gasteiger partial charge >= 0.3 is 0 Å². The SMILES string of the molecule is CCCCCC(O)CC#C/C=C/Cl. The third kappa shape index (κ3) is 9.46. The molecular weight excluding hydrogens is 184 g/mol. The normalized spacial score (nSPS) is 12.5. The van der Waals surface area contributed by atoms with Gasteiger partial charge in [0.05, 0.1) is 6.10 Å². The Hall–Kier alpha value is -0.450. The summed E-state index contributed by atoms with van der Waals surface area (Å²) >= 11 is 5.27. The van der Waals surface area contributed by atoms with Gasteiger partial charge in [0.2, 0.25) is 0 Å². The van der Waals surface area contributed by atoms with Gasteiger partial charge in [-0.2, -0.15) is 0 Å². The fraction of sp³-hybridized carbons (Fsp3) is 0.636. The molecule has 0 aromatic carbocycles. The molecule has 0 rings (SSSR count). The van der Waals surface area contributed by atoms with Gasteiger partial charge < -0.3 is 5.11 Å². The van der Waals surface area contributed by atoms with E-state index >= 15 is 0 Å². The van der Waals surface area contributed by atoms with Crippen LogP contribution in [0.15, 0.2) is 11.6 Å². The van der Waals surface area contributed by atoms with E-state index in [1.165, 1.54) is 18.4 Å². The summed E-state index contributed by atoms with van der Waals surface area (Å²) in [6.45, 7) is 2.15. The molecule has 0 amide bonds. The Balaban J connectivity index is 3.41. The first-order chi connectivity index (χ1) is 6.31. The van der Waals surface area contributed by atoms with Crippen LogP contribution in [0.3, 0.4) is 0 Å². The molecule has 0 aliphatic heterocycles. The van der Waals surface area contributed by atoms with Gasteiger partial charge in [0, 0.05) is 12.0 Å². The van der Waals surface area contributed by atoms with Crippen LogP contribution >= 0.6 is 11.6 Å². The number of aliphatic hydroxyl groups excluding tert-OH is 1. The predicted molar refractivity (Wildman–Crippen MR) is 57.5 cm³/mol. The van der Waals surface area contributed by atoms with Crippen LogP contribution in [0.4, 0.5) is 0 Å². The van der Waals surface area contributed by atoms with E-state index < -0.39 is 0 Å². The average Bonchev–Trinajstić information content (AvgIpc) is 2.13. The van der Waals surface area contributed by atoms with Crippen molar-refractivity contribution in [3.63, 3.8) is 0 Å². The molecule has 74 valence electrons. The highest BCUT2D eigenvalue weighted by Crippen LogP contribution is 2.05. The molecule has 0 aromatic rings. The van der Waals surface area contributed by atoms with Gasteiger partial charge in [-0.25, -0.2) is 0 Å². The molecule has 0 saturated carbocycles. The van der Waals surface area contributed by atoms with Crippen molar-refractivity contribution in [2.45, 2.75) is 45.1 Å². The number of rotatable bonds is 5. The van der Waals surface area contributed by atoms with E-state index in [4.69, 9.17) is 11.6 Å². The zero-order valence-electron chi connectivity index (χ0n) is 8.09. The van der Waals surface area contributed by atoms with Crippen molar-refractivity contribution < 1.29 is 5.11 Å². The van der Waals surface area contributed by atoms with Crippen molar-refractivity contribution in [2.75, 3.05) is 0 Å². The average molecular weight is 201 g/mol. The van der Waals surface area contributed by atoms with Crippen LogP contribution < -0.4 is 0 Å². The third-order valence-electron chi connectivity index (χ3n) is 1.73. The first-order valence-corrected chi connectivity index (χ1v) is 5.16. The Morgan fingerprint density at radius 2 is 2.23 bits per heavy atom. The second-order valence-corrected chi connectivity index (χ2v) is 3.22. The molecule has 1 atom stereocenters. The number of hydrogen-bond donors (Lipinski definition) is 1. The van der Waals surface area contributed by atoms with E-state index in [9.17, 15) is 5.11 Å². The van der Waals surface area contributed by atoms with Gasteiger partial charge in [-0.1, -0.05) is 49.6 Å². The van der Waals surface area contributed by atoms with E-state index in [0.29, 0.717) is 6.42 Å². The second kappa shape index (κ2) is 9.64. The maximum atomic E-state index is 9.42. The lowest BCUT2D eigenvalue weighted by Gasteiger charge is -2.04. The standard InChI is InChI=1S/C11H17ClO/c1-2-3-5-8-11(13)9-6-4-7-10-12/h7,10-11,13H,2-3,5,8-9H2,1H3/b10-7+. The molecule has 0 heterocycles. The summed E-state index contributed by atoms with van der Waals surface area (Å²) in [4.78, 5) is 0. The number of hydrogen-bond acceptors (Lipinski definition) is 1. The van der Waals surface area contributed by atoms with E-state index in [-0.39, 0.29) is 6.10 Å². The minimum atomic E-state index is -0.275. The van der Waals surface area contributed by atoms with E-state index in [0.717, 1.165) is 12.8 Å². The molecule has 0 radical (unpaired) electrons. The molecule has 0 fully saturated rings. The molecule has 1 nitrogen and oxygen atoms in total. The monoisotopic (exact) mass is 200 g/mol. The van der Waals surface area contributed by atoms with Gasteiger partial charge in [0.25, 0.3) is 0 Å². The second-order valence-electron chi connectivity index (χ2n) is 2.97. The maximum Gasteiger partial charge on any atom is 0.0649 e. The highest BCUT2D eigenvalue weighted by atomic mass is 35.5. The van der Waals surface area contributed by atoms with Gasteiger partial charge in [-0.15, -0.1) is 0 Å². The molecular formula is C11H17ClO. The molecule has 1 N–H and O–H groups in total. The summed E-state index contributed by atoms with van der Waals surface area (Å²) in [7, 11) is 0. The van der Waals surface area contributed by atoms with Crippen molar-refractivity contribution in [1.82, 2.24) is 0 Å². The topological polar surface area (TPSA) is 20.2 Å². The van der Waals surface area contributed by atoms with Crippen molar-refractivity contribution >= 4 is 11.6 Å². The Bertz CT molecular complexity index is 188. The zero-order valence-corrected chi connectivity index (χ0v) is 8.85. The van der Waals surface area contributed by atoms with Gasteiger partial charge in [-0.05, 0) is 12.5 Å². The fourth-order valence-electron chi connectivity index (χ4n) is 0.999. The zero-order chi connectivity index (χ0) is 9.94. The minimum Gasteiger partial charge on any atom is -0.392 e. The van der Waals surface area contributed by atoms with E-state index in [1.807, 2.05) is 0 Å². The Labute approximate surface area is 85.8 Å². The molecule has 0 bridgehead atoms.